The maximum absolute atomic E-state index is 3.64. The van der Waals surface area contributed by atoms with Crippen LogP contribution in [0.2, 0.25) is 0 Å². The lowest BCUT2D eigenvalue weighted by molar-refractivity contribution is 0.336. The predicted molar refractivity (Wildman–Crippen MR) is 128 cm³/mol. The highest BCUT2D eigenvalue weighted by atomic mass is 79.9. The van der Waals surface area contributed by atoms with Gasteiger partial charge in [-0.15, -0.1) is 0 Å². The van der Waals surface area contributed by atoms with Gasteiger partial charge in [-0.1, -0.05) is 76.6 Å². The van der Waals surface area contributed by atoms with Crippen molar-refractivity contribution in [3.05, 3.63) is 100 Å². The maximum Gasteiger partial charge on any atom is 0.0582 e. The van der Waals surface area contributed by atoms with E-state index in [-0.39, 0.29) is 0 Å². The molecule has 3 aromatic rings. The molecule has 2 aliphatic heterocycles. The SMILES string of the molecule is Brc1ccc([C@H]2[C@@H]3CC=C[C@@H]3c3c4c(cc5ccccc35)[C@H]3C=CC[C@@H]3CN42)cc1. The Bertz CT molecular complexity index is 1220. The number of allylic oxidation sites excluding steroid dienone is 4. The Kier molecular flexibility index (Phi) is 3.67. The molecule has 0 unspecified atom stereocenters. The number of fused-ring (bicyclic) bond motifs is 6. The molecule has 148 valence electrons. The summed E-state index contributed by atoms with van der Waals surface area (Å²) in [5, 5.41) is 2.87. The van der Waals surface area contributed by atoms with E-state index in [0.717, 1.165) is 4.47 Å². The first-order valence-corrected chi connectivity index (χ1v) is 12.0. The molecule has 0 saturated heterocycles. The number of rotatable bonds is 1. The van der Waals surface area contributed by atoms with Crippen LogP contribution in [0.1, 0.15) is 47.4 Å². The van der Waals surface area contributed by atoms with Crippen LogP contribution in [0.5, 0.6) is 0 Å². The molecule has 0 radical (unpaired) electrons. The van der Waals surface area contributed by atoms with Gasteiger partial charge in [-0.25, -0.2) is 0 Å². The fourth-order valence-corrected chi connectivity index (χ4v) is 7.03. The van der Waals surface area contributed by atoms with Crippen LogP contribution in [0.25, 0.3) is 10.8 Å². The summed E-state index contributed by atoms with van der Waals surface area (Å²) in [5.74, 6) is 2.41. The molecule has 0 amide bonds. The molecular formula is C28H24BrN. The van der Waals surface area contributed by atoms with Crippen molar-refractivity contribution in [3.63, 3.8) is 0 Å². The molecule has 5 atom stereocenters. The van der Waals surface area contributed by atoms with Crippen molar-refractivity contribution >= 4 is 32.4 Å². The summed E-state index contributed by atoms with van der Waals surface area (Å²) in [5.41, 5.74) is 6.16. The Morgan fingerprint density at radius 2 is 1.67 bits per heavy atom. The zero-order chi connectivity index (χ0) is 19.8. The summed E-state index contributed by atoms with van der Waals surface area (Å²) in [6, 6.07) is 21.1. The van der Waals surface area contributed by atoms with E-state index in [1.165, 1.54) is 35.7 Å². The van der Waals surface area contributed by atoms with Gasteiger partial charge in [0.15, 0.2) is 0 Å². The van der Waals surface area contributed by atoms with E-state index < -0.39 is 0 Å². The highest BCUT2D eigenvalue weighted by molar-refractivity contribution is 9.10. The molecule has 0 saturated carbocycles. The number of benzene rings is 3. The van der Waals surface area contributed by atoms with E-state index in [1.54, 1.807) is 16.8 Å². The first kappa shape index (κ1) is 17.4. The zero-order valence-corrected chi connectivity index (χ0v) is 18.4. The van der Waals surface area contributed by atoms with Gasteiger partial charge in [0.1, 0.15) is 0 Å². The number of hydrogen-bond acceptors (Lipinski definition) is 1. The van der Waals surface area contributed by atoms with Crippen molar-refractivity contribution in [3.8, 4) is 0 Å². The fourth-order valence-electron chi connectivity index (χ4n) is 6.77. The summed E-state index contributed by atoms with van der Waals surface area (Å²) in [6.07, 6.45) is 12.2. The maximum atomic E-state index is 3.64. The molecule has 1 nitrogen and oxygen atoms in total. The molecule has 0 fully saturated rings. The summed E-state index contributed by atoms with van der Waals surface area (Å²) in [4.78, 5) is 2.81. The third kappa shape index (κ3) is 2.29. The standard InChI is InChI=1S/C28H24BrN/c29-20-13-11-17(12-14-20)27-24-10-4-9-23(24)26-22-7-2-1-5-18(22)15-25-21-8-3-6-19(21)16-30(27)28(25)26/h1-5,7-9,11-15,19,21,23-24,27H,6,10,16H2/t19-,21+,23+,24-,27+/m1/s1. The summed E-state index contributed by atoms with van der Waals surface area (Å²) in [7, 11) is 0. The van der Waals surface area contributed by atoms with Crippen molar-refractivity contribution in [2.24, 2.45) is 11.8 Å². The van der Waals surface area contributed by atoms with Crippen LogP contribution in [0.4, 0.5) is 5.69 Å². The third-order valence-electron chi connectivity index (χ3n) is 7.96. The predicted octanol–water partition coefficient (Wildman–Crippen LogP) is 7.50. The smallest absolute Gasteiger partial charge is 0.0582 e. The van der Waals surface area contributed by atoms with Crippen molar-refractivity contribution in [1.82, 2.24) is 0 Å². The average molecular weight is 454 g/mol. The van der Waals surface area contributed by atoms with Crippen LogP contribution < -0.4 is 4.90 Å². The Morgan fingerprint density at radius 1 is 0.867 bits per heavy atom. The Balaban J connectivity index is 1.54. The molecule has 30 heavy (non-hydrogen) atoms. The normalized spacial score (nSPS) is 30.4. The number of hydrogen-bond donors (Lipinski definition) is 0. The van der Waals surface area contributed by atoms with Gasteiger partial charge < -0.3 is 4.90 Å². The molecule has 0 spiro atoms. The summed E-state index contributed by atoms with van der Waals surface area (Å²) < 4.78 is 1.16. The number of anilines is 1. The van der Waals surface area contributed by atoms with Crippen molar-refractivity contribution in [2.75, 3.05) is 11.4 Å². The molecule has 0 N–H and O–H groups in total. The quantitative estimate of drug-likeness (QED) is 0.344. The molecule has 3 aromatic carbocycles. The van der Waals surface area contributed by atoms with Crippen LogP contribution in [-0.2, 0) is 0 Å². The van der Waals surface area contributed by atoms with Crippen LogP contribution in [0.15, 0.2) is 83.4 Å². The molecule has 0 aromatic heterocycles. The van der Waals surface area contributed by atoms with Gasteiger partial charge >= 0.3 is 0 Å². The lowest BCUT2D eigenvalue weighted by atomic mass is 9.69. The van der Waals surface area contributed by atoms with Gasteiger partial charge in [-0.2, -0.15) is 0 Å². The first-order valence-electron chi connectivity index (χ1n) is 11.2. The average Bonchev–Trinajstić information content (AvgIpc) is 3.44. The monoisotopic (exact) mass is 453 g/mol. The first-order chi connectivity index (χ1) is 14.8. The molecular weight excluding hydrogens is 430 g/mol. The van der Waals surface area contributed by atoms with Gasteiger partial charge in [0.25, 0.3) is 0 Å². The third-order valence-corrected chi connectivity index (χ3v) is 8.49. The topological polar surface area (TPSA) is 3.24 Å². The minimum absolute atomic E-state index is 0.451. The summed E-state index contributed by atoms with van der Waals surface area (Å²) in [6.45, 7) is 1.17. The molecule has 7 rings (SSSR count). The summed E-state index contributed by atoms with van der Waals surface area (Å²) >= 11 is 3.64. The van der Waals surface area contributed by atoms with Gasteiger partial charge in [-0.05, 0) is 70.3 Å². The van der Waals surface area contributed by atoms with E-state index in [0.29, 0.717) is 29.7 Å². The van der Waals surface area contributed by atoms with E-state index in [9.17, 15) is 0 Å². The van der Waals surface area contributed by atoms with E-state index >= 15 is 0 Å². The second-order valence-corrected chi connectivity index (χ2v) is 10.3. The van der Waals surface area contributed by atoms with Crippen LogP contribution >= 0.6 is 15.9 Å². The number of nitrogens with zero attached hydrogens (tertiary/aromatic N) is 1. The minimum atomic E-state index is 0.451. The van der Waals surface area contributed by atoms with Gasteiger partial charge in [0, 0.05) is 28.5 Å². The lowest BCUT2D eigenvalue weighted by Crippen LogP contribution is -2.46. The minimum Gasteiger partial charge on any atom is -0.363 e. The van der Waals surface area contributed by atoms with Crippen LogP contribution in [0, 0.1) is 11.8 Å². The Hall–Kier alpha value is -2.32. The zero-order valence-electron chi connectivity index (χ0n) is 16.8. The van der Waals surface area contributed by atoms with Crippen LogP contribution in [0.3, 0.4) is 0 Å². The van der Waals surface area contributed by atoms with E-state index in [1.807, 2.05) is 0 Å². The highest BCUT2D eigenvalue weighted by Gasteiger charge is 2.48. The largest absolute Gasteiger partial charge is 0.363 e. The van der Waals surface area contributed by atoms with E-state index in [4.69, 9.17) is 0 Å². The Morgan fingerprint density at radius 3 is 2.57 bits per heavy atom. The van der Waals surface area contributed by atoms with Crippen molar-refractivity contribution in [2.45, 2.75) is 30.7 Å². The molecule has 2 heterocycles. The Labute approximate surface area is 186 Å². The van der Waals surface area contributed by atoms with Crippen molar-refractivity contribution in [1.29, 1.82) is 0 Å². The fraction of sp³-hybridized carbons (Fsp3) is 0.286. The van der Waals surface area contributed by atoms with Crippen molar-refractivity contribution < 1.29 is 0 Å². The molecule has 0 bridgehead atoms. The second kappa shape index (κ2) is 6.34. The van der Waals surface area contributed by atoms with Gasteiger partial charge in [-0.3, -0.25) is 0 Å². The highest BCUT2D eigenvalue weighted by Crippen LogP contribution is 2.60. The van der Waals surface area contributed by atoms with Gasteiger partial charge in [0.2, 0.25) is 0 Å². The number of halogens is 1. The molecule has 4 aliphatic rings. The lowest BCUT2D eigenvalue weighted by Gasteiger charge is -2.51. The van der Waals surface area contributed by atoms with Crippen LogP contribution in [-0.4, -0.2) is 6.54 Å². The second-order valence-electron chi connectivity index (χ2n) is 9.40. The molecule has 2 aliphatic carbocycles. The van der Waals surface area contributed by atoms with E-state index in [2.05, 4.69) is 99.7 Å². The molecule has 2 heteroatoms. The van der Waals surface area contributed by atoms with Gasteiger partial charge in [0.05, 0.1) is 6.04 Å².